The van der Waals surface area contributed by atoms with Gasteiger partial charge in [0.2, 0.25) is 0 Å². The van der Waals surface area contributed by atoms with Crippen molar-refractivity contribution in [3.8, 4) is 0 Å². The van der Waals surface area contributed by atoms with Gasteiger partial charge in [-0.1, -0.05) is 13.0 Å². The molecule has 0 fully saturated rings. The Morgan fingerprint density at radius 1 is 1.50 bits per heavy atom. The van der Waals surface area contributed by atoms with Gasteiger partial charge in [-0.3, -0.25) is 0 Å². The van der Waals surface area contributed by atoms with Crippen molar-refractivity contribution < 1.29 is 5.11 Å². The zero-order valence-electron chi connectivity index (χ0n) is 8.55. The summed E-state index contributed by atoms with van der Waals surface area (Å²) in [5.41, 5.74) is 2.44. The van der Waals surface area contributed by atoms with Gasteiger partial charge in [0.25, 0.3) is 0 Å². The molecule has 0 aliphatic heterocycles. The highest BCUT2D eigenvalue weighted by molar-refractivity contribution is 14.1. The van der Waals surface area contributed by atoms with Crippen molar-refractivity contribution in [2.24, 2.45) is 5.92 Å². The van der Waals surface area contributed by atoms with E-state index >= 15 is 0 Å². The minimum Gasteiger partial charge on any atom is -0.396 e. The molecule has 1 atom stereocenters. The smallest absolute Gasteiger partial charge is 0.0473 e. The minimum atomic E-state index is 0.232. The van der Waals surface area contributed by atoms with Crippen LogP contribution in [0.4, 0.5) is 5.69 Å². The van der Waals surface area contributed by atoms with Gasteiger partial charge in [0.1, 0.15) is 0 Å². The molecule has 2 nitrogen and oxygen atoms in total. The van der Waals surface area contributed by atoms with Crippen molar-refractivity contribution in [1.29, 1.82) is 0 Å². The predicted octanol–water partition coefficient (Wildman–Crippen LogP) is 2.64. The van der Waals surface area contributed by atoms with Gasteiger partial charge in [-0.15, -0.1) is 0 Å². The number of benzene rings is 1. The van der Waals surface area contributed by atoms with E-state index in [4.69, 9.17) is 5.11 Å². The van der Waals surface area contributed by atoms with Crippen LogP contribution in [0.3, 0.4) is 0 Å². The molecule has 0 aromatic heterocycles. The molecule has 78 valence electrons. The molecular weight excluding hydrogens is 289 g/mol. The van der Waals surface area contributed by atoms with E-state index in [2.05, 4.69) is 47.0 Å². The van der Waals surface area contributed by atoms with E-state index in [1.165, 1.54) is 9.13 Å². The third-order valence-electron chi connectivity index (χ3n) is 2.22. The fourth-order valence-electron chi connectivity index (χ4n) is 1.15. The number of anilines is 1. The molecule has 0 amide bonds. The number of halogens is 1. The van der Waals surface area contributed by atoms with E-state index in [1.54, 1.807) is 0 Å². The number of hydrogen-bond donors (Lipinski definition) is 2. The van der Waals surface area contributed by atoms with Gasteiger partial charge >= 0.3 is 0 Å². The molecule has 1 aromatic rings. The summed E-state index contributed by atoms with van der Waals surface area (Å²) in [6.07, 6.45) is 0. The standard InChI is InChI=1S/C11H16INO/c1-8(7-14)6-13-11-5-3-4-10(12)9(11)2/h3-5,8,13-14H,6-7H2,1-2H3. The molecule has 0 saturated heterocycles. The van der Waals surface area contributed by atoms with Crippen LogP contribution in [-0.2, 0) is 0 Å². The zero-order valence-corrected chi connectivity index (χ0v) is 10.7. The lowest BCUT2D eigenvalue weighted by Crippen LogP contribution is -2.15. The molecule has 3 heteroatoms. The second-order valence-electron chi connectivity index (χ2n) is 3.58. The summed E-state index contributed by atoms with van der Waals surface area (Å²) in [6, 6.07) is 6.21. The number of nitrogens with one attached hydrogen (secondary N) is 1. The Morgan fingerprint density at radius 3 is 2.86 bits per heavy atom. The number of hydrogen-bond acceptors (Lipinski definition) is 2. The van der Waals surface area contributed by atoms with E-state index in [9.17, 15) is 0 Å². The van der Waals surface area contributed by atoms with E-state index < -0.39 is 0 Å². The maximum absolute atomic E-state index is 8.90. The van der Waals surface area contributed by atoms with Gasteiger partial charge in [0.15, 0.2) is 0 Å². The first-order valence-corrected chi connectivity index (χ1v) is 5.83. The summed E-state index contributed by atoms with van der Waals surface area (Å²) in [4.78, 5) is 0. The Morgan fingerprint density at radius 2 is 2.21 bits per heavy atom. The molecule has 0 heterocycles. The second kappa shape index (κ2) is 5.56. The van der Waals surface area contributed by atoms with Gasteiger partial charge in [-0.25, -0.2) is 0 Å². The van der Waals surface area contributed by atoms with Crippen LogP contribution in [0, 0.1) is 16.4 Å². The minimum absolute atomic E-state index is 0.232. The molecule has 1 unspecified atom stereocenters. The summed E-state index contributed by atoms with van der Waals surface area (Å²) in [5, 5.41) is 12.2. The van der Waals surface area contributed by atoms with Crippen molar-refractivity contribution in [1.82, 2.24) is 0 Å². The third kappa shape index (κ3) is 3.13. The molecule has 2 N–H and O–H groups in total. The van der Waals surface area contributed by atoms with Crippen LogP contribution >= 0.6 is 22.6 Å². The molecule has 0 radical (unpaired) electrons. The van der Waals surface area contributed by atoms with Crippen molar-refractivity contribution in [3.63, 3.8) is 0 Å². The summed E-state index contributed by atoms with van der Waals surface area (Å²) in [7, 11) is 0. The number of aliphatic hydroxyl groups excluding tert-OH is 1. The van der Waals surface area contributed by atoms with Gasteiger partial charge < -0.3 is 10.4 Å². The van der Waals surface area contributed by atoms with Crippen LogP contribution in [0.15, 0.2) is 18.2 Å². The Bertz CT molecular complexity index is 301. The number of aliphatic hydroxyl groups is 1. The van der Waals surface area contributed by atoms with E-state index in [0.717, 1.165) is 12.2 Å². The first-order valence-electron chi connectivity index (χ1n) is 4.75. The number of rotatable bonds is 4. The van der Waals surface area contributed by atoms with Gasteiger partial charge in [-0.05, 0) is 53.1 Å². The SMILES string of the molecule is Cc1c(I)cccc1NCC(C)CO. The Balaban J connectivity index is 2.63. The first kappa shape index (κ1) is 11.8. The average Bonchev–Trinajstić information content (AvgIpc) is 2.20. The molecule has 1 rings (SSSR count). The summed E-state index contributed by atoms with van der Waals surface area (Å²) in [6.45, 7) is 5.18. The van der Waals surface area contributed by atoms with Gasteiger partial charge in [-0.2, -0.15) is 0 Å². The van der Waals surface area contributed by atoms with Crippen LogP contribution in [0.5, 0.6) is 0 Å². The molecule has 1 aromatic carbocycles. The van der Waals surface area contributed by atoms with Crippen LogP contribution < -0.4 is 5.32 Å². The van der Waals surface area contributed by atoms with E-state index in [0.29, 0.717) is 5.92 Å². The normalized spacial score (nSPS) is 12.6. The highest BCUT2D eigenvalue weighted by Crippen LogP contribution is 2.20. The lowest BCUT2D eigenvalue weighted by Gasteiger charge is -2.13. The second-order valence-corrected chi connectivity index (χ2v) is 4.74. The summed E-state index contributed by atoms with van der Waals surface area (Å²) < 4.78 is 1.27. The van der Waals surface area contributed by atoms with Crippen molar-refractivity contribution in [2.75, 3.05) is 18.5 Å². The van der Waals surface area contributed by atoms with Gasteiger partial charge in [0.05, 0.1) is 0 Å². The van der Waals surface area contributed by atoms with E-state index in [-0.39, 0.29) is 6.61 Å². The maximum atomic E-state index is 8.90. The van der Waals surface area contributed by atoms with Crippen LogP contribution in [0.2, 0.25) is 0 Å². The fourth-order valence-corrected chi connectivity index (χ4v) is 1.65. The quantitative estimate of drug-likeness (QED) is 0.838. The van der Waals surface area contributed by atoms with E-state index in [1.807, 2.05) is 13.0 Å². The Labute approximate surface area is 98.9 Å². The maximum Gasteiger partial charge on any atom is 0.0473 e. The van der Waals surface area contributed by atoms with Crippen molar-refractivity contribution in [2.45, 2.75) is 13.8 Å². The zero-order chi connectivity index (χ0) is 10.6. The molecule has 0 bridgehead atoms. The fraction of sp³-hybridized carbons (Fsp3) is 0.455. The van der Waals surface area contributed by atoms with Crippen molar-refractivity contribution in [3.05, 3.63) is 27.3 Å². The third-order valence-corrected chi connectivity index (χ3v) is 3.39. The lowest BCUT2D eigenvalue weighted by atomic mass is 10.1. The molecule has 0 spiro atoms. The van der Waals surface area contributed by atoms with Crippen LogP contribution in [-0.4, -0.2) is 18.3 Å². The monoisotopic (exact) mass is 305 g/mol. The Kier molecular flexibility index (Phi) is 4.68. The van der Waals surface area contributed by atoms with Crippen LogP contribution in [0.1, 0.15) is 12.5 Å². The molecular formula is C11H16INO. The highest BCUT2D eigenvalue weighted by Gasteiger charge is 2.03. The lowest BCUT2D eigenvalue weighted by molar-refractivity contribution is 0.244. The predicted molar refractivity (Wildman–Crippen MR) is 68.6 cm³/mol. The topological polar surface area (TPSA) is 32.3 Å². The average molecular weight is 305 g/mol. The van der Waals surface area contributed by atoms with Crippen LogP contribution in [0.25, 0.3) is 0 Å². The molecule has 0 saturated carbocycles. The highest BCUT2D eigenvalue weighted by atomic mass is 127. The van der Waals surface area contributed by atoms with Gasteiger partial charge in [0, 0.05) is 22.4 Å². The first-order chi connectivity index (χ1) is 6.65. The van der Waals surface area contributed by atoms with Crippen molar-refractivity contribution >= 4 is 28.3 Å². The Hall–Kier alpha value is -0.290. The molecule has 0 aliphatic carbocycles. The summed E-state index contributed by atoms with van der Waals surface area (Å²) >= 11 is 2.33. The summed E-state index contributed by atoms with van der Waals surface area (Å²) in [5.74, 6) is 0.298. The molecule has 0 aliphatic rings. The largest absolute Gasteiger partial charge is 0.396 e. The molecule has 14 heavy (non-hydrogen) atoms.